The fourth-order valence-electron chi connectivity index (χ4n) is 3.84. The molecule has 0 fully saturated rings. The Kier molecular flexibility index (Phi) is 5.13. The van der Waals surface area contributed by atoms with Crippen molar-refractivity contribution in [3.63, 3.8) is 0 Å². The molecule has 2 N–H and O–H groups in total. The maximum Gasteiger partial charge on any atom is 0.119 e. The molecule has 0 saturated heterocycles. The van der Waals surface area contributed by atoms with Crippen LogP contribution >= 0.6 is 0 Å². The molecule has 0 spiro atoms. The number of aryl methyl sites for hydroxylation is 3. The van der Waals surface area contributed by atoms with Gasteiger partial charge in [-0.2, -0.15) is 0 Å². The highest BCUT2D eigenvalue weighted by Gasteiger charge is 2.12. The molecule has 0 amide bonds. The molecule has 0 aliphatic rings. The van der Waals surface area contributed by atoms with Crippen LogP contribution in [0.1, 0.15) is 16.7 Å². The van der Waals surface area contributed by atoms with Crippen LogP contribution < -0.4 is 15.4 Å². The van der Waals surface area contributed by atoms with E-state index in [9.17, 15) is 0 Å². The number of hydrogen-bond donors (Lipinski definition) is 2. The smallest absolute Gasteiger partial charge is 0.119 e. The standard InChI is InChI=1S/C26H26N2O/c1-17-15-18(2)25(19(3)16-17)28-26-23-8-6-5-7-20(23)9-14-24(26)27-21-10-12-22(29-4)13-11-21/h5-16,27-28H,1-4H3. The van der Waals surface area contributed by atoms with E-state index in [0.717, 1.165) is 28.5 Å². The molecular formula is C26H26N2O. The topological polar surface area (TPSA) is 33.3 Å². The van der Waals surface area contributed by atoms with Crippen LogP contribution in [-0.4, -0.2) is 7.11 Å². The molecule has 4 aromatic rings. The lowest BCUT2D eigenvalue weighted by atomic mass is 10.0. The first-order valence-electron chi connectivity index (χ1n) is 9.83. The summed E-state index contributed by atoms with van der Waals surface area (Å²) in [4.78, 5) is 0. The van der Waals surface area contributed by atoms with Crippen LogP contribution in [-0.2, 0) is 0 Å². The molecule has 4 aromatic carbocycles. The zero-order chi connectivity index (χ0) is 20.4. The van der Waals surface area contributed by atoms with Gasteiger partial charge in [-0.1, -0.05) is 48.0 Å². The minimum atomic E-state index is 0.846. The first kappa shape index (κ1) is 18.9. The molecule has 0 radical (unpaired) electrons. The van der Waals surface area contributed by atoms with E-state index in [1.807, 2.05) is 24.3 Å². The summed E-state index contributed by atoms with van der Waals surface area (Å²) in [5, 5.41) is 9.70. The molecule has 4 rings (SSSR count). The third-order valence-corrected chi connectivity index (χ3v) is 5.23. The van der Waals surface area contributed by atoms with Crippen molar-refractivity contribution >= 4 is 33.5 Å². The molecule has 0 aromatic heterocycles. The number of ether oxygens (including phenoxy) is 1. The van der Waals surface area contributed by atoms with Gasteiger partial charge in [-0.15, -0.1) is 0 Å². The van der Waals surface area contributed by atoms with Gasteiger partial charge in [0.25, 0.3) is 0 Å². The van der Waals surface area contributed by atoms with E-state index < -0.39 is 0 Å². The van der Waals surface area contributed by atoms with Gasteiger partial charge in [-0.25, -0.2) is 0 Å². The zero-order valence-electron chi connectivity index (χ0n) is 17.3. The van der Waals surface area contributed by atoms with Gasteiger partial charge in [-0.05, 0) is 67.6 Å². The van der Waals surface area contributed by atoms with Crippen LogP contribution in [0.3, 0.4) is 0 Å². The lowest BCUT2D eigenvalue weighted by Gasteiger charge is -2.20. The predicted molar refractivity (Wildman–Crippen MR) is 124 cm³/mol. The molecule has 0 saturated carbocycles. The Labute approximate surface area is 172 Å². The van der Waals surface area contributed by atoms with E-state index in [2.05, 4.69) is 79.9 Å². The average Bonchev–Trinajstić information content (AvgIpc) is 2.72. The third-order valence-electron chi connectivity index (χ3n) is 5.23. The van der Waals surface area contributed by atoms with Crippen molar-refractivity contribution in [2.45, 2.75) is 20.8 Å². The van der Waals surface area contributed by atoms with Crippen molar-refractivity contribution in [3.05, 3.63) is 89.5 Å². The maximum atomic E-state index is 5.28. The third kappa shape index (κ3) is 3.90. The van der Waals surface area contributed by atoms with Gasteiger partial charge in [0.15, 0.2) is 0 Å². The van der Waals surface area contributed by atoms with Crippen LogP contribution in [0, 0.1) is 20.8 Å². The summed E-state index contributed by atoms with van der Waals surface area (Å²) in [6.07, 6.45) is 0. The Balaban J connectivity index is 1.81. The molecule has 3 heteroatoms. The SMILES string of the molecule is COc1ccc(Nc2ccc3ccccc3c2Nc2c(C)cc(C)cc2C)cc1. The van der Waals surface area contributed by atoms with E-state index in [-0.39, 0.29) is 0 Å². The minimum Gasteiger partial charge on any atom is -0.497 e. The lowest BCUT2D eigenvalue weighted by molar-refractivity contribution is 0.415. The second-order valence-corrected chi connectivity index (χ2v) is 7.46. The second kappa shape index (κ2) is 7.88. The molecule has 3 nitrogen and oxygen atoms in total. The normalized spacial score (nSPS) is 10.8. The Morgan fingerprint density at radius 2 is 1.38 bits per heavy atom. The molecule has 0 aliphatic carbocycles. The molecule has 0 atom stereocenters. The summed E-state index contributed by atoms with van der Waals surface area (Å²) in [5.41, 5.74) is 8.05. The van der Waals surface area contributed by atoms with Crippen LogP contribution in [0.5, 0.6) is 5.75 Å². The van der Waals surface area contributed by atoms with Crippen LogP contribution in [0.2, 0.25) is 0 Å². The molecular weight excluding hydrogens is 356 g/mol. The summed E-state index contributed by atoms with van der Waals surface area (Å²) in [7, 11) is 1.68. The molecule has 29 heavy (non-hydrogen) atoms. The highest BCUT2D eigenvalue weighted by Crippen LogP contribution is 2.37. The first-order valence-corrected chi connectivity index (χ1v) is 9.83. The Bertz CT molecular complexity index is 1140. The van der Waals surface area contributed by atoms with Gasteiger partial charge in [0.1, 0.15) is 5.75 Å². The van der Waals surface area contributed by atoms with Crippen LogP contribution in [0.4, 0.5) is 22.7 Å². The molecule has 146 valence electrons. The Morgan fingerprint density at radius 1 is 0.690 bits per heavy atom. The van der Waals surface area contributed by atoms with Crippen molar-refractivity contribution in [2.24, 2.45) is 0 Å². The van der Waals surface area contributed by atoms with E-state index >= 15 is 0 Å². The average molecular weight is 383 g/mol. The molecule has 0 unspecified atom stereocenters. The number of benzene rings is 4. The minimum absolute atomic E-state index is 0.846. The van der Waals surface area contributed by atoms with Gasteiger partial charge >= 0.3 is 0 Å². The number of methoxy groups -OCH3 is 1. The molecule has 0 aliphatic heterocycles. The summed E-state index contributed by atoms with van der Waals surface area (Å²) in [5.74, 6) is 0.846. The van der Waals surface area contributed by atoms with Gasteiger partial charge in [0, 0.05) is 16.8 Å². The molecule has 0 heterocycles. The van der Waals surface area contributed by atoms with Crippen molar-refractivity contribution in [1.29, 1.82) is 0 Å². The quantitative estimate of drug-likeness (QED) is 0.381. The van der Waals surface area contributed by atoms with Crippen molar-refractivity contribution in [3.8, 4) is 5.75 Å². The summed E-state index contributed by atoms with van der Waals surface area (Å²) >= 11 is 0. The fraction of sp³-hybridized carbons (Fsp3) is 0.154. The Morgan fingerprint density at radius 3 is 2.07 bits per heavy atom. The van der Waals surface area contributed by atoms with Gasteiger partial charge in [-0.3, -0.25) is 0 Å². The largest absolute Gasteiger partial charge is 0.497 e. The van der Waals surface area contributed by atoms with E-state index in [4.69, 9.17) is 4.74 Å². The number of anilines is 4. The fourth-order valence-corrected chi connectivity index (χ4v) is 3.84. The molecule has 0 bridgehead atoms. The summed E-state index contributed by atoms with van der Waals surface area (Å²) in [6, 6.07) is 25.2. The summed E-state index contributed by atoms with van der Waals surface area (Å²) in [6.45, 7) is 6.45. The highest BCUT2D eigenvalue weighted by molar-refractivity contribution is 6.02. The maximum absolute atomic E-state index is 5.28. The van der Waals surface area contributed by atoms with Gasteiger partial charge in [0.2, 0.25) is 0 Å². The van der Waals surface area contributed by atoms with E-state index in [1.54, 1.807) is 7.11 Å². The number of hydrogen-bond acceptors (Lipinski definition) is 3. The second-order valence-electron chi connectivity index (χ2n) is 7.46. The van der Waals surface area contributed by atoms with E-state index in [0.29, 0.717) is 0 Å². The van der Waals surface area contributed by atoms with Crippen molar-refractivity contribution in [2.75, 3.05) is 17.7 Å². The monoisotopic (exact) mass is 382 g/mol. The van der Waals surface area contributed by atoms with Gasteiger partial charge < -0.3 is 15.4 Å². The van der Waals surface area contributed by atoms with Gasteiger partial charge in [0.05, 0.1) is 18.5 Å². The number of fused-ring (bicyclic) bond motifs is 1. The Hall–Kier alpha value is -3.46. The lowest BCUT2D eigenvalue weighted by Crippen LogP contribution is -2.02. The first-order chi connectivity index (χ1) is 14.0. The van der Waals surface area contributed by atoms with Crippen LogP contribution in [0.25, 0.3) is 10.8 Å². The number of nitrogens with one attached hydrogen (secondary N) is 2. The highest BCUT2D eigenvalue weighted by atomic mass is 16.5. The van der Waals surface area contributed by atoms with Crippen molar-refractivity contribution in [1.82, 2.24) is 0 Å². The zero-order valence-corrected chi connectivity index (χ0v) is 17.3. The predicted octanol–water partition coefficient (Wildman–Crippen LogP) is 7.26. The van der Waals surface area contributed by atoms with Crippen LogP contribution in [0.15, 0.2) is 72.8 Å². The van der Waals surface area contributed by atoms with E-state index in [1.165, 1.54) is 27.5 Å². The van der Waals surface area contributed by atoms with Crippen molar-refractivity contribution < 1.29 is 4.74 Å². The number of rotatable bonds is 5. The summed E-state index contributed by atoms with van der Waals surface area (Å²) < 4.78 is 5.28.